The molecule has 0 unspecified atom stereocenters. The van der Waals surface area contributed by atoms with Crippen molar-refractivity contribution in [1.29, 1.82) is 0 Å². The molecule has 1 aliphatic rings. The van der Waals surface area contributed by atoms with Gasteiger partial charge in [-0.25, -0.2) is 13.1 Å². The lowest BCUT2D eigenvalue weighted by atomic mass is 10.0. The predicted molar refractivity (Wildman–Crippen MR) is 115 cm³/mol. The zero-order valence-corrected chi connectivity index (χ0v) is 18.7. The zero-order valence-electron chi connectivity index (χ0n) is 15.4. The molecule has 1 fully saturated rings. The molecule has 0 aliphatic carbocycles. The molecular weight excluding hydrogens is 462 g/mol. The first-order valence-electron chi connectivity index (χ1n) is 9.23. The number of hydrogen-bond acceptors (Lipinski definition) is 5. The number of nitrogens with zero attached hydrogens (tertiary/aromatic N) is 1. The molecule has 2 N–H and O–H groups in total. The van der Waals surface area contributed by atoms with Gasteiger partial charge in [-0.15, -0.1) is 11.3 Å². The predicted octanol–water partition coefficient (Wildman–Crippen LogP) is 2.96. The molecule has 152 valence electrons. The van der Waals surface area contributed by atoms with Crippen LogP contribution in [0.1, 0.15) is 24.8 Å². The van der Waals surface area contributed by atoms with Gasteiger partial charge in [-0.2, -0.15) is 0 Å². The number of carbonyl (C=O) groups is 1. The molecule has 0 bridgehead atoms. The molecule has 0 saturated carbocycles. The van der Waals surface area contributed by atoms with Crippen LogP contribution in [-0.4, -0.2) is 44.9 Å². The van der Waals surface area contributed by atoms with Gasteiger partial charge in [0.1, 0.15) is 4.21 Å². The van der Waals surface area contributed by atoms with Crippen LogP contribution in [0.3, 0.4) is 0 Å². The first-order chi connectivity index (χ1) is 13.4. The Bertz CT molecular complexity index is 879. The van der Waals surface area contributed by atoms with Gasteiger partial charge in [0, 0.05) is 38.6 Å². The van der Waals surface area contributed by atoms with Crippen LogP contribution >= 0.6 is 27.3 Å². The largest absolute Gasteiger partial charge is 0.353 e. The van der Waals surface area contributed by atoms with Crippen LogP contribution in [0.25, 0.3) is 0 Å². The Morgan fingerprint density at radius 1 is 1.14 bits per heavy atom. The number of halogens is 1. The van der Waals surface area contributed by atoms with E-state index in [1.165, 1.54) is 5.56 Å². The fourth-order valence-corrected chi connectivity index (χ4v) is 6.28. The molecule has 3 rings (SSSR count). The van der Waals surface area contributed by atoms with E-state index in [9.17, 15) is 13.2 Å². The average molecular weight is 486 g/mol. The van der Waals surface area contributed by atoms with E-state index < -0.39 is 10.0 Å². The highest BCUT2D eigenvalue weighted by molar-refractivity contribution is 9.11. The number of amides is 1. The van der Waals surface area contributed by atoms with Crippen molar-refractivity contribution < 1.29 is 13.2 Å². The minimum absolute atomic E-state index is 0.0938. The first kappa shape index (κ1) is 21.4. The molecule has 6 nitrogen and oxygen atoms in total. The van der Waals surface area contributed by atoms with Gasteiger partial charge in [0.25, 0.3) is 0 Å². The van der Waals surface area contributed by atoms with E-state index in [0.717, 1.165) is 47.6 Å². The molecule has 2 aromatic rings. The molecule has 2 heterocycles. The zero-order chi connectivity index (χ0) is 20.0. The maximum absolute atomic E-state index is 12.1. The summed E-state index contributed by atoms with van der Waals surface area (Å²) in [6.07, 6.45) is 1.96. The van der Waals surface area contributed by atoms with Gasteiger partial charge in [-0.05, 0) is 46.5 Å². The molecule has 28 heavy (non-hydrogen) atoms. The van der Waals surface area contributed by atoms with E-state index in [1.807, 2.05) is 18.2 Å². The Morgan fingerprint density at radius 3 is 2.50 bits per heavy atom. The fraction of sp³-hybridized carbons (Fsp3) is 0.421. The number of benzene rings is 1. The Morgan fingerprint density at radius 2 is 1.86 bits per heavy atom. The van der Waals surface area contributed by atoms with E-state index in [2.05, 4.69) is 43.0 Å². The molecule has 0 radical (unpaired) electrons. The van der Waals surface area contributed by atoms with Crippen LogP contribution in [0, 0.1) is 0 Å². The molecule has 9 heteroatoms. The third kappa shape index (κ3) is 6.38. The highest BCUT2D eigenvalue weighted by Gasteiger charge is 2.21. The van der Waals surface area contributed by atoms with Gasteiger partial charge >= 0.3 is 0 Å². The number of sulfonamides is 1. The molecule has 1 saturated heterocycles. The van der Waals surface area contributed by atoms with E-state index in [0.29, 0.717) is 0 Å². The van der Waals surface area contributed by atoms with E-state index >= 15 is 0 Å². The second-order valence-corrected chi connectivity index (χ2v) is 11.3. The minimum atomic E-state index is -3.55. The molecule has 1 aliphatic heterocycles. The van der Waals surface area contributed by atoms with Gasteiger partial charge in [-0.3, -0.25) is 9.69 Å². The second-order valence-electron chi connectivity index (χ2n) is 6.81. The Labute approximate surface area is 178 Å². The number of thiophene rings is 1. The second kappa shape index (κ2) is 9.98. The highest BCUT2D eigenvalue weighted by atomic mass is 79.9. The van der Waals surface area contributed by atoms with Crippen molar-refractivity contribution in [2.45, 2.75) is 36.1 Å². The number of nitrogens with one attached hydrogen (secondary N) is 2. The normalized spacial score (nSPS) is 16.2. The van der Waals surface area contributed by atoms with Gasteiger partial charge in [0.05, 0.1) is 3.79 Å². The van der Waals surface area contributed by atoms with Crippen molar-refractivity contribution in [2.75, 3.05) is 19.6 Å². The summed E-state index contributed by atoms with van der Waals surface area (Å²) < 4.78 is 27.8. The maximum atomic E-state index is 12.1. The van der Waals surface area contributed by atoms with Crippen LogP contribution in [0.4, 0.5) is 0 Å². The number of rotatable bonds is 8. The van der Waals surface area contributed by atoms with Gasteiger partial charge in [-0.1, -0.05) is 30.3 Å². The number of piperidine rings is 1. The van der Waals surface area contributed by atoms with Crippen LogP contribution < -0.4 is 10.0 Å². The minimum Gasteiger partial charge on any atom is -0.353 e. The summed E-state index contributed by atoms with van der Waals surface area (Å²) in [4.78, 5) is 14.5. The van der Waals surface area contributed by atoms with E-state index in [4.69, 9.17) is 0 Å². The Kier molecular flexibility index (Phi) is 7.64. The summed E-state index contributed by atoms with van der Waals surface area (Å²) in [5, 5.41) is 3.03. The van der Waals surface area contributed by atoms with Crippen LogP contribution in [-0.2, 0) is 21.4 Å². The lowest BCUT2D eigenvalue weighted by Gasteiger charge is -2.32. The van der Waals surface area contributed by atoms with Crippen molar-refractivity contribution in [2.24, 2.45) is 0 Å². The van der Waals surface area contributed by atoms with Crippen molar-refractivity contribution in [3.05, 3.63) is 51.8 Å². The lowest BCUT2D eigenvalue weighted by molar-refractivity contribution is -0.121. The highest BCUT2D eigenvalue weighted by Crippen LogP contribution is 2.25. The average Bonchev–Trinajstić information content (AvgIpc) is 3.11. The van der Waals surface area contributed by atoms with Gasteiger partial charge in [0.2, 0.25) is 15.9 Å². The van der Waals surface area contributed by atoms with Crippen LogP contribution in [0.15, 0.2) is 50.5 Å². The van der Waals surface area contributed by atoms with Crippen molar-refractivity contribution in [3.8, 4) is 0 Å². The van der Waals surface area contributed by atoms with Crippen molar-refractivity contribution >= 4 is 43.2 Å². The smallest absolute Gasteiger partial charge is 0.250 e. The van der Waals surface area contributed by atoms with Crippen LogP contribution in [0.5, 0.6) is 0 Å². The summed E-state index contributed by atoms with van der Waals surface area (Å²) in [5.41, 5.74) is 1.30. The van der Waals surface area contributed by atoms with E-state index in [1.54, 1.807) is 12.1 Å². The molecule has 1 aromatic carbocycles. The van der Waals surface area contributed by atoms with Gasteiger partial charge < -0.3 is 5.32 Å². The summed E-state index contributed by atoms with van der Waals surface area (Å²) in [7, 11) is -3.55. The number of carbonyl (C=O) groups excluding carboxylic acids is 1. The molecule has 0 spiro atoms. The van der Waals surface area contributed by atoms with Crippen molar-refractivity contribution in [3.63, 3.8) is 0 Å². The summed E-state index contributed by atoms with van der Waals surface area (Å²) in [6.45, 7) is 2.91. The lowest BCUT2D eigenvalue weighted by Crippen LogP contribution is -2.44. The molecular formula is C19H24BrN3O3S2. The quantitative estimate of drug-likeness (QED) is 0.602. The fourth-order valence-electron chi connectivity index (χ4n) is 3.19. The third-order valence-electron chi connectivity index (χ3n) is 4.66. The third-order valence-corrected chi connectivity index (χ3v) is 8.24. The summed E-state index contributed by atoms with van der Waals surface area (Å²) in [6, 6.07) is 13.8. The maximum Gasteiger partial charge on any atom is 0.250 e. The van der Waals surface area contributed by atoms with E-state index in [-0.39, 0.29) is 29.1 Å². The number of hydrogen-bond donors (Lipinski definition) is 2. The van der Waals surface area contributed by atoms with Gasteiger partial charge in [0.15, 0.2) is 0 Å². The Hall–Kier alpha value is -1.26. The van der Waals surface area contributed by atoms with Crippen molar-refractivity contribution in [1.82, 2.24) is 14.9 Å². The standard InChI is InChI=1S/C19H24BrN3O3S2/c20-17-6-7-19(27-17)28(25,26)21-11-8-18(24)22-16-9-12-23(13-10-16)14-15-4-2-1-3-5-15/h1-7,16,21H,8-14H2,(H,22,24). The molecule has 0 atom stereocenters. The molecule has 1 aromatic heterocycles. The van der Waals surface area contributed by atoms with Crippen LogP contribution in [0.2, 0.25) is 0 Å². The monoisotopic (exact) mass is 485 g/mol. The summed E-state index contributed by atoms with van der Waals surface area (Å²) in [5.74, 6) is -0.114. The topological polar surface area (TPSA) is 78.5 Å². The summed E-state index contributed by atoms with van der Waals surface area (Å²) >= 11 is 4.40. The SMILES string of the molecule is O=C(CCNS(=O)(=O)c1ccc(Br)s1)NC1CCN(Cc2ccccc2)CC1. The number of likely N-dealkylation sites (tertiary alicyclic amines) is 1. The first-order valence-corrected chi connectivity index (χ1v) is 12.3. The Balaban J connectivity index is 1.35. The molecule has 1 amide bonds.